The van der Waals surface area contributed by atoms with Gasteiger partial charge in [0.15, 0.2) is 0 Å². The number of aliphatic hydroxyl groups excluding tert-OH is 1. The van der Waals surface area contributed by atoms with Crippen LogP contribution in [-0.4, -0.2) is 40.8 Å². The first-order chi connectivity index (χ1) is 10.7. The molecule has 2 N–H and O–H groups in total. The summed E-state index contributed by atoms with van der Waals surface area (Å²) >= 11 is 0. The number of aliphatic hydroxyl groups is 1. The number of rotatable bonds is 6. The van der Waals surface area contributed by atoms with E-state index in [-0.39, 0.29) is 0 Å². The predicted molar refractivity (Wildman–Crippen MR) is 87.0 cm³/mol. The van der Waals surface area contributed by atoms with E-state index in [0.29, 0.717) is 19.2 Å². The lowest BCUT2D eigenvalue weighted by Crippen LogP contribution is -2.35. The van der Waals surface area contributed by atoms with Crippen molar-refractivity contribution in [3.8, 4) is 5.75 Å². The largest absolute Gasteiger partial charge is 0.491 e. The molecule has 0 aliphatic carbocycles. The first kappa shape index (κ1) is 15.1. The van der Waals surface area contributed by atoms with Crippen LogP contribution < -0.4 is 4.74 Å². The molecule has 0 spiro atoms. The number of ether oxygens (including phenoxy) is 1. The smallest absolute Gasteiger partial charge is 0.119 e. The maximum Gasteiger partial charge on any atom is 0.119 e. The van der Waals surface area contributed by atoms with E-state index in [1.807, 2.05) is 43.5 Å². The first-order valence-corrected chi connectivity index (χ1v) is 7.97. The average Bonchev–Trinajstić information content (AvgIpc) is 3.17. The summed E-state index contributed by atoms with van der Waals surface area (Å²) in [6.07, 6.45) is 3.81. The first-order valence-electron chi connectivity index (χ1n) is 7.97. The van der Waals surface area contributed by atoms with Gasteiger partial charge in [-0.05, 0) is 50.6 Å². The molecule has 0 radical (unpaired) electrons. The van der Waals surface area contributed by atoms with E-state index in [1.165, 1.54) is 17.7 Å². The molecule has 2 aromatic rings. The van der Waals surface area contributed by atoms with Crippen LogP contribution in [-0.2, 0) is 0 Å². The van der Waals surface area contributed by atoms with Crippen LogP contribution in [0.5, 0.6) is 5.75 Å². The van der Waals surface area contributed by atoms with Crippen LogP contribution in [0.4, 0.5) is 0 Å². The van der Waals surface area contributed by atoms with Crippen molar-refractivity contribution in [1.82, 2.24) is 9.88 Å². The number of benzene rings is 1. The summed E-state index contributed by atoms with van der Waals surface area (Å²) in [6.45, 7) is 4.06. The van der Waals surface area contributed by atoms with Gasteiger partial charge in [-0.3, -0.25) is 4.90 Å². The SMILES string of the molecule is Cc1ccc(OCC(O)CN2CCCC2c2ccc[nH]2)cc1. The molecule has 0 saturated carbocycles. The van der Waals surface area contributed by atoms with Gasteiger partial charge in [0.05, 0.1) is 0 Å². The topological polar surface area (TPSA) is 48.5 Å². The van der Waals surface area contributed by atoms with Gasteiger partial charge in [-0.2, -0.15) is 0 Å². The van der Waals surface area contributed by atoms with Crippen LogP contribution in [0, 0.1) is 6.92 Å². The number of H-pyrrole nitrogens is 1. The fraction of sp³-hybridized carbons (Fsp3) is 0.444. The molecule has 1 aliphatic rings. The summed E-state index contributed by atoms with van der Waals surface area (Å²) in [4.78, 5) is 5.63. The van der Waals surface area contributed by atoms with E-state index >= 15 is 0 Å². The number of aromatic nitrogens is 1. The highest BCUT2D eigenvalue weighted by molar-refractivity contribution is 5.26. The van der Waals surface area contributed by atoms with Crippen LogP contribution in [0.2, 0.25) is 0 Å². The Balaban J connectivity index is 1.50. The van der Waals surface area contributed by atoms with Gasteiger partial charge in [-0.1, -0.05) is 17.7 Å². The number of β-amino-alcohol motifs (C(OH)–C–C–N with tert-alkyl or cyclic N) is 1. The van der Waals surface area contributed by atoms with Crippen molar-refractivity contribution in [2.24, 2.45) is 0 Å². The third-order valence-corrected chi connectivity index (χ3v) is 4.25. The highest BCUT2D eigenvalue weighted by Gasteiger charge is 2.28. The molecule has 1 fully saturated rings. The van der Waals surface area contributed by atoms with E-state index in [9.17, 15) is 5.11 Å². The van der Waals surface area contributed by atoms with Gasteiger partial charge in [0, 0.05) is 24.5 Å². The summed E-state index contributed by atoms with van der Waals surface area (Å²) < 4.78 is 5.67. The van der Waals surface area contributed by atoms with E-state index < -0.39 is 6.10 Å². The van der Waals surface area contributed by atoms with Crippen molar-refractivity contribution in [3.05, 3.63) is 53.9 Å². The van der Waals surface area contributed by atoms with E-state index in [2.05, 4.69) is 16.0 Å². The minimum absolute atomic E-state index is 0.330. The molecule has 4 nitrogen and oxygen atoms in total. The fourth-order valence-electron chi connectivity index (χ4n) is 3.10. The molecule has 2 heterocycles. The van der Waals surface area contributed by atoms with Gasteiger partial charge >= 0.3 is 0 Å². The number of hydrogen-bond donors (Lipinski definition) is 2. The monoisotopic (exact) mass is 300 g/mol. The van der Waals surface area contributed by atoms with E-state index in [4.69, 9.17) is 4.74 Å². The fourth-order valence-corrected chi connectivity index (χ4v) is 3.10. The Labute approximate surface area is 131 Å². The lowest BCUT2D eigenvalue weighted by molar-refractivity contribution is 0.0634. The highest BCUT2D eigenvalue weighted by Crippen LogP contribution is 2.30. The predicted octanol–water partition coefficient (Wildman–Crippen LogP) is 2.90. The zero-order valence-corrected chi connectivity index (χ0v) is 13.0. The molecule has 4 heteroatoms. The van der Waals surface area contributed by atoms with Crippen molar-refractivity contribution >= 4 is 0 Å². The van der Waals surface area contributed by atoms with Crippen LogP contribution in [0.1, 0.15) is 30.1 Å². The quantitative estimate of drug-likeness (QED) is 0.862. The van der Waals surface area contributed by atoms with Crippen LogP contribution in [0.25, 0.3) is 0 Å². The zero-order chi connectivity index (χ0) is 15.4. The highest BCUT2D eigenvalue weighted by atomic mass is 16.5. The Kier molecular flexibility index (Phi) is 4.80. The molecule has 0 amide bonds. The van der Waals surface area contributed by atoms with Crippen molar-refractivity contribution in [2.75, 3.05) is 19.7 Å². The minimum Gasteiger partial charge on any atom is -0.491 e. The number of likely N-dealkylation sites (tertiary alicyclic amines) is 1. The number of aromatic amines is 1. The van der Waals surface area contributed by atoms with Gasteiger partial charge in [0.2, 0.25) is 0 Å². The zero-order valence-electron chi connectivity index (χ0n) is 13.0. The third kappa shape index (κ3) is 3.70. The number of nitrogens with zero attached hydrogens (tertiary/aromatic N) is 1. The Morgan fingerprint density at radius 1 is 1.32 bits per heavy atom. The summed E-state index contributed by atoms with van der Waals surface area (Å²) in [7, 11) is 0. The number of aryl methyl sites for hydroxylation is 1. The number of hydrogen-bond acceptors (Lipinski definition) is 3. The molecule has 3 rings (SSSR count). The standard InChI is InChI=1S/C18H24N2O2/c1-14-6-8-16(9-7-14)22-13-15(21)12-20-11-3-5-18(20)17-4-2-10-19-17/h2,4,6-10,15,18-19,21H,3,5,11-13H2,1H3. The molecule has 1 aromatic heterocycles. The summed E-state index contributed by atoms with van der Waals surface area (Å²) in [6, 6.07) is 12.5. The number of nitrogens with one attached hydrogen (secondary N) is 1. The van der Waals surface area contributed by atoms with E-state index in [0.717, 1.165) is 18.7 Å². The maximum atomic E-state index is 10.3. The van der Waals surface area contributed by atoms with E-state index in [1.54, 1.807) is 0 Å². The Morgan fingerprint density at radius 2 is 2.14 bits per heavy atom. The second-order valence-electron chi connectivity index (χ2n) is 6.06. The molecule has 118 valence electrons. The van der Waals surface area contributed by atoms with Gasteiger partial charge < -0.3 is 14.8 Å². The Morgan fingerprint density at radius 3 is 2.86 bits per heavy atom. The van der Waals surface area contributed by atoms with Crippen molar-refractivity contribution in [3.63, 3.8) is 0 Å². The summed E-state index contributed by atoms with van der Waals surface area (Å²) in [5.74, 6) is 0.812. The molecule has 1 aliphatic heterocycles. The van der Waals surface area contributed by atoms with Crippen molar-refractivity contribution < 1.29 is 9.84 Å². The van der Waals surface area contributed by atoms with Gasteiger partial charge in [-0.25, -0.2) is 0 Å². The average molecular weight is 300 g/mol. The maximum absolute atomic E-state index is 10.3. The molecule has 0 bridgehead atoms. The second-order valence-corrected chi connectivity index (χ2v) is 6.06. The minimum atomic E-state index is -0.475. The lowest BCUT2D eigenvalue weighted by atomic mass is 10.1. The van der Waals surface area contributed by atoms with Crippen LogP contribution in [0.15, 0.2) is 42.6 Å². The van der Waals surface area contributed by atoms with Gasteiger partial charge in [-0.15, -0.1) is 0 Å². The second kappa shape index (κ2) is 6.99. The molecule has 1 saturated heterocycles. The van der Waals surface area contributed by atoms with Crippen molar-refractivity contribution in [2.45, 2.75) is 31.9 Å². The van der Waals surface area contributed by atoms with Gasteiger partial charge in [0.25, 0.3) is 0 Å². The molecular formula is C18H24N2O2. The normalized spacial score (nSPS) is 20.2. The lowest BCUT2D eigenvalue weighted by Gasteiger charge is -2.26. The molecular weight excluding hydrogens is 276 g/mol. The molecule has 2 atom stereocenters. The Bertz CT molecular complexity index is 565. The summed E-state index contributed by atoms with van der Waals surface area (Å²) in [5, 5.41) is 10.3. The van der Waals surface area contributed by atoms with Crippen molar-refractivity contribution in [1.29, 1.82) is 0 Å². The Hall–Kier alpha value is -1.78. The molecule has 2 unspecified atom stereocenters. The van der Waals surface area contributed by atoms with Gasteiger partial charge in [0.1, 0.15) is 18.5 Å². The molecule has 22 heavy (non-hydrogen) atoms. The third-order valence-electron chi connectivity index (χ3n) is 4.25. The molecule has 1 aromatic carbocycles. The van der Waals surface area contributed by atoms with Crippen LogP contribution >= 0.6 is 0 Å². The van der Waals surface area contributed by atoms with Crippen LogP contribution in [0.3, 0.4) is 0 Å². The summed E-state index contributed by atoms with van der Waals surface area (Å²) in [5.41, 5.74) is 2.45.